The maximum Gasteiger partial charge on any atom is 0.257 e. The van der Waals surface area contributed by atoms with E-state index in [4.69, 9.17) is 4.74 Å². The summed E-state index contributed by atoms with van der Waals surface area (Å²) in [7, 11) is 1.57. The van der Waals surface area contributed by atoms with Gasteiger partial charge in [0.1, 0.15) is 5.75 Å². The smallest absolute Gasteiger partial charge is 0.257 e. The number of nitrogens with zero attached hydrogens (tertiary/aromatic N) is 1. The zero-order valence-corrected chi connectivity index (χ0v) is 13.2. The third-order valence-corrected chi connectivity index (χ3v) is 3.69. The highest BCUT2D eigenvalue weighted by atomic mass is 16.5. The first kappa shape index (κ1) is 15.7. The maximum absolute atomic E-state index is 12.2. The lowest BCUT2D eigenvalue weighted by molar-refractivity contribution is -0.120. The van der Waals surface area contributed by atoms with Gasteiger partial charge in [0.2, 0.25) is 11.9 Å². The van der Waals surface area contributed by atoms with E-state index in [1.54, 1.807) is 31.4 Å². The van der Waals surface area contributed by atoms with Crippen molar-refractivity contribution in [1.82, 2.24) is 10.6 Å². The molecule has 6 heteroatoms. The Morgan fingerprint density at radius 2 is 1.88 bits per heavy atom. The number of rotatable bonds is 3. The molecular weight excluding hydrogens is 306 g/mol. The number of amides is 2. The summed E-state index contributed by atoms with van der Waals surface area (Å²) in [6.07, 6.45) is 0.199. The minimum absolute atomic E-state index is 0.149. The van der Waals surface area contributed by atoms with Crippen molar-refractivity contribution < 1.29 is 14.3 Å². The molecule has 122 valence electrons. The van der Waals surface area contributed by atoms with Crippen LogP contribution in [-0.2, 0) is 4.79 Å². The number of guanidine groups is 1. The van der Waals surface area contributed by atoms with Gasteiger partial charge in [-0.2, -0.15) is 0 Å². The Bertz CT molecular complexity index is 787. The highest BCUT2D eigenvalue weighted by molar-refractivity contribution is 6.10. The van der Waals surface area contributed by atoms with E-state index in [1.165, 1.54) is 0 Å². The molecule has 0 aliphatic carbocycles. The van der Waals surface area contributed by atoms with Crippen molar-refractivity contribution in [2.75, 3.05) is 7.11 Å². The number of nitrogens with one attached hydrogen (secondary N) is 2. The van der Waals surface area contributed by atoms with Gasteiger partial charge in [0, 0.05) is 11.1 Å². The van der Waals surface area contributed by atoms with Gasteiger partial charge in [0.15, 0.2) is 0 Å². The van der Waals surface area contributed by atoms with Gasteiger partial charge in [-0.1, -0.05) is 36.4 Å². The summed E-state index contributed by atoms with van der Waals surface area (Å²) in [6.45, 7) is 0. The third kappa shape index (κ3) is 3.43. The van der Waals surface area contributed by atoms with Crippen molar-refractivity contribution >= 4 is 17.8 Å². The van der Waals surface area contributed by atoms with Gasteiger partial charge in [-0.3, -0.25) is 20.2 Å². The number of carbonyl (C=O) groups is 2. The number of methoxy groups -OCH3 is 1. The summed E-state index contributed by atoms with van der Waals surface area (Å²) in [5.41, 5.74) is 1.30. The fourth-order valence-electron chi connectivity index (χ4n) is 2.55. The van der Waals surface area contributed by atoms with E-state index in [9.17, 15) is 9.59 Å². The fourth-order valence-corrected chi connectivity index (χ4v) is 2.55. The molecule has 2 aromatic carbocycles. The summed E-state index contributed by atoms with van der Waals surface area (Å²) in [4.78, 5) is 28.7. The lowest BCUT2D eigenvalue weighted by atomic mass is 10.0. The molecule has 0 radical (unpaired) electrons. The molecular formula is C18H17N3O3. The lowest BCUT2D eigenvalue weighted by Crippen LogP contribution is -2.47. The lowest BCUT2D eigenvalue weighted by Gasteiger charge is -2.22. The summed E-state index contributed by atoms with van der Waals surface area (Å²) in [6, 6.07) is 15.8. The van der Waals surface area contributed by atoms with Crippen LogP contribution in [0.1, 0.15) is 28.4 Å². The molecule has 24 heavy (non-hydrogen) atoms. The molecule has 6 nitrogen and oxygen atoms in total. The Balaban J connectivity index is 1.84. The van der Waals surface area contributed by atoms with Crippen LogP contribution in [0, 0.1) is 0 Å². The molecule has 1 heterocycles. The molecule has 0 fully saturated rings. The van der Waals surface area contributed by atoms with Crippen LogP contribution in [0.4, 0.5) is 0 Å². The number of benzene rings is 2. The van der Waals surface area contributed by atoms with E-state index < -0.39 is 6.04 Å². The number of aliphatic imine (C=N–C) groups is 1. The normalized spacial score (nSPS) is 16.8. The molecule has 3 rings (SSSR count). The van der Waals surface area contributed by atoms with E-state index in [0.29, 0.717) is 11.3 Å². The average Bonchev–Trinajstić information content (AvgIpc) is 2.62. The molecule has 2 aromatic rings. The molecule has 0 spiro atoms. The van der Waals surface area contributed by atoms with Crippen LogP contribution in [0.15, 0.2) is 59.6 Å². The SMILES string of the molecule is COc1ccccc1[C@@H]1CC(=O)NC(NC(=O)c2ccccc2)=N1. The van der Waals surface area contributed by atoms with Crippen molar-refractivity contribution in [3.8, 4) is 5.75 Å². The molecule has 0 aromatic heterocycles. The van der Waals surface area contributed by atoms with Gasteiger partial charge in [-0.25, -0.2) is 4.99 Å². The van der Waals surface area contributed by atoms with Gasteiger partial charge in [-0.15, -0.1) is 0 Å². The standard InChI is InChI=1S/C18H17N3O3/c1-24-15-10-6-5-9-13(15)14-11-16(22)20-18(19-14)21-17(23)12-7-3-2-4-8-12/h2-10,14H,11H2,1H3,(H2,19,20,21,22,23)/t14-/m0/s1. The van der Waals surface area contributed by atoms with Crippen molar-refractivity contribution in [3.05, 3.63) is 65.7 Å². The molecule has 1 aliphatic rings. The quantitative estimate of drug-likeness (QED) is 0.907. The Labute approximate surface area is 139 Å². The second kappa shape index (κ2) is 6.95. The van der Waals surface area contributed by atoms with Crippen LogP contribution in [0.2, 0.25) is 0 Å². The predicted molar refractivity (Wildman–Crippen MR) is 89.8 cm³/mol. The molecule has 2 N–H and O–H groups in total. The van der Waals surface area contributed by atoms with Gasteiger partial charge in [-0.05, 0) is 18.2 Å². The topological polar surface area (TPSA) is 79.8 Å². The number of carbonyl (C=O) groups excluding carboxylic acids is 2. The average molecular weight is 323 g/mol. The van der Waals surface area contributed by atoms with Crippen molar-refractivity contribution in [1.29, 1.82) is 0 Å². The van der Waals surface area contributed by atoms with Crippen LogP contribution in [0.25, 0.3) is 0 Å². The Hall–Kier alpha value is -3.15. The van der Waals surface area contributed by atoms with Crippen molar-refractivity contribution in [3.63, 3.8) is 0 Å². The summed E-state index contributed by atoms with van der Waals surface area (Å²) in [5.74, 6) is 0.283. The van der Waals surface area contributed by atoms with Gasteiger partial charge in [0.05, 0.1) is 19.6 Å². The molecule has 0 saturated carbocycles. The first-order valence-corrected chi connectivity index (χ1v) is 7.54. The Morgan fingerprint density at radius 3 is 2.62 bits per heavy atom. The first-order chi connectivity index (χ1) is 11.7. The molecule has 0 bridgehead atoms. The molecule has 0 saturated heterocycles. The van der Waals surface area contributed by atoms with Gasteiger partial charge in [0.25, 0.3) is 5.91 Å². The van der Waals surface area contributed by atoms with Crippen LogP contribution in [-0.4, -0.2) is 24.9 Å². The Morgan fingerprint density at radius 1 is 1.17 bits per heavy atom. The third-order valence-electron chi connectivity index (χ3n) is 3.69. The van der Waals surface area contributed by atoms with E-state index >= 15 is 0 Å². The minimum atomic E-state index is -0.402. The van der Waals surface area contributed by atoms with E-state index in [1.807, 2.05) is 30.3 Å². The largest absolute Gasteiger partial charge is 0.496 e. The van der Waals surface area contributed by atoms with Crippen molar-refractivity contribution in [2.24, 2.45) is 4.99 Å². The monoisotopic (exact) mass is 323 g/mol. The summed E-state index contributed by atoms with van der Waals surface area (Å²) in [5, 5.41) is 5.23. The molecule has 1 atom stereocenters. The number of para-hydroxylation sites is 1. The van der Waals surface area contributed by atoms with Crippen LogP contribution >= 0.6 is 0 Å². The zero-order valence-electron chi connectivity index (χ0n) is 13.2. The van der Waals surface area contributed by atoms with Gasteiger partial charge >= 0.3 is 0 Å². The highest BCUT2D eigenvalue weighted by Crippen LogP contribution is 2.31. The number of hydrogen-bond acceptors (Lipinski definition) is 4. The molecule has 2 amide bonds. The van der Waals surface area contributed by atoms with E-state index in [0.717, 1.165) is 5.56 Å². The minimum Gasteiger partial charge on any atom is -0.496 e. The van der Waals surface area contributed by atoms with E-state index in [2.05, 4.69) is 15.6 Å². The second-order valence-corrected chi connectivity index (χ2v) is 5.31. The number of hydrogen-bond donors (Lipinski definition) is 2. The number of ether oxygens (including phenoxy) is 1. The molecule has 1 aliphatic heterocycles. The van der Waals surface area contributed by atoms with Crippen LogP contribution in [0.3, 0.4) is 0 Å². The van der Waals surface area contributed by atoms with Crippen LogP contribution < -0.4 is 15.4 Å². The zero-order chi connectivity index (χ0) is 16.9. The summed E-state index contributed by atoms with van der Waals surface area (Å²) >= 11 is 0. The van der Waals surface area contributed by atoms with E-state index in [-0.39, 0.29) is 24.2 Å². The fraction of sp³-hybridized carbons (Fsp3) is 0.167. The van der Waals surface area contributed by atoms with Crippen LogP contribution in [0.5, 0.6) is 5.75 Å². The first-order valence-electron chi connectivity index (χ1n) is 7.54. The highest BCUT2D eigenvalue weighted by Gasteiger charge is 2.25. The Kier molecular flexibility index (Phi) is 4.56. The maximum atomic E-state index is 12.2. The predicted octanol–water partition coefficient (Wildman–Crippen LogP) is 2.04. The summed E-state index contributed by atoms with van der Waals surface area (Å²) < 4.78 is 5.33. The molecule has 0 unspecified atom stereocenters. The van der Waals surface area contributed by atoms with Gasteiger partial charge < -0.3 is 4.74 Å². The van der Waals surface area contributed by atoms with Crippen molar-refractivity contribution in [2.45, 2.75) is 12.5 Å². The second-order valence-electron chi connectivity index (χ2n) is 5.31.